The first-order valence-corrected chi connectivity index (χ1v) is 9.00. The van der Waals surface area contributed by atoms with Gasteiger partial charge in [0.25, 0.3) is 0 Å². The number of fused-ring (bicyclic) bond motifs is 1. The lowest BCUT2D eigenvalue weighted by atomic mass is 10.0. The van der Waals surface area contributed by atoms with Gasteiger partial charge in [-0.05, 0) is 42.7 Å². The third kappa shape index (κ3) is 3.01. The Labute approximate surface area is 152 Å². The maximum absolute atomic E-state index is 9.51. The smallest absolute Gasteiger partial charge is 0.161 e. The number of hydrogen-bond donors (Lipinski definition) is 0. The van der Waals surface area contributed by atoms with Crippen molar-refractivity contribution in [3.05, 3.63) is 52.5 Å². The van der Waals surface area contributed by atoms with Crippen molar-refractivity contribution in [1.29, 1.82) is 5.26 Å². The lowest BCUT2D eigenvalue weighted by Crippen LogP contribution is -2.23. The average Bonchev–Trinajstić information content (AvgIpc) is 2.99. The van der Waals surface area contributed by atoms with Gasteiger partial charge in [0.1, 0.15) is 6.07 Å². The summed E-state index contributed by atoms with van der Waals surface area (Å²) >= 11 is 6.23. The fourth-order valence-electron chi connectivity index (χ4n) is 3.65. The molecule has 0 radical (unpaired) electrons. The molecule has 2 aromatic carbocycles. The average molecular weight is 355 g/mol. The van der Waals surface area contributed by atoms with Crippen molar-refractivity contribution in [3.8, 4) is 17.6 Å². The van der Waals surface area contributed by atoms with Crippen LogP contribution in [-0.4, -0.2) is 19.8 Å². The Morgan fingerprint density at radius 1 is 1.08 bits per heavy atom. The number of nitrogens with zero attached hydrogens (tertiary/aromatic N) is 2. The summed E-state index contributed by atoms with van der Waals surface area (Å²) in [6.45, 7) is 2.28. The van der Waals surface area contributed by atoms with Gasteiger partial charge in [-0.2, -0.15) is 5.26 Å². The summed E-state index contributed by atoms with van der Waals surface area (Å²) in [4.78, 5) is 2.28. The quantitative estimate of drug-likeness (QED) is 0.783. The van der Waals surface area contributed by atoms with E-state index in [1.165, 1.54) is 5.56 Å². The van der Waals surface area contributed by atoms with E-state index < -0.39 is 0 Å². The minimum atomic E-state index is 0.211. The zero-order valence-electron chi connectivity index (χ0n) is 13.9. The van der Waals surface area contributed by atoms with Crippen molar-refractivity contribution in [2.45, 2.75) is 25.3 Å². The summed E-state index contributed by atoms with van der Waals surface area (Å²) in [5.41, 5.74) is 2.64. The van der Waals surface area contributed by atoms with Crippen LogP contribution in [0.3, 0.4) is 0 Å². The van der Waals surface area contributed by atoms with Gasteiger partial charge >= 0.3 is 0 Å². The van der Waals surface area contributed by atoms with E-state index in [-0.39, 0.29) is 6.04 Å². The zero-order chi connectivity index (χ0) is 17.2. The van der Waals surface area contributed by atoms with Crippen LogP contribution in [0.4, 0.5) is 5.69 Å². The van der Waals surface area contributed by atoms with Crippen LogP contribution in [0.1, 0.15) is 36.4 Å². The van der Waals surface area contributed by atoms with Gasteiger partial charge in [0.05, 0.1) is 35.5 Å². The van der Waals surface area contributed by atoms with Gasteiger partial charge in [-0.1, -0.05) is 23.7 Å². The fraction of sp³-hybridized carbons (Fsp3) is 0.350. The molecule has 4 nitrogen and oxygen atoms in total. The molecule has 0 amide bonds. The largest absolute Gasteiger partial charge is 0.490 e. The van der Waals surface area contributed by atoms with E-state index >= 15 is 0 Å². The molecule has 0 aliphatic carbocycles. The van der Waals surface area contributed by atoms with Gasteiger partial charge in [0, 0.05) is 13.0 Å². The van der Waals surface area contributed by atoms with E-state index in [0.717, 1.165) is 43.0 Å². The molecule has 1 unspecified atom stereocenters. The number of rotatable bonds is 2. The standard InChI is InChI=1S/C20H19ClN2O2/c21-16-4-1-5-18(15(16)13-22)23-9-2-6-17(23)14-7-8-19-20(12-14)25-11-3-10-24-19/h1,4-5,7-8,12,17H,2-3,6,9-11H2. The van der Waals surface area contributed by atoms with Crippen LogP contribution in [0, 0.1) is 11.3 Å². The number of halogens is 1. The van der Waals surface area contributed by atoms with E-state index in [1.807, 2.05) is 18.2 Å². The van der Waals surface area contributed by atoms with Crippen molar-refractivity contribution >= 4 is 17.3 Å². The Hall–Kier alpha value is -2.38. The maximum Gasteiger partial charge on any atom is 0.161 e. The van der Waals surface area contributed by atoms with Crippen molar-refractivity contribution in [1.82, 2.24) is 0 Å². The van der Waals surface area contributed by atoms with Gasteiger partial charge < -0.3 is 14.4 Å². The third-order valence-electron chi connectivity index (χ3n) is 4.82. The molecule has 5 heteroatoms. The zero-order valence-corrected chi connectivity index (χ0v) is 14.6. The van der Waals surface area contributed by atoms with Gasteiger partial charge in [0.2, 0.25) is 0 Å². The number of anilines is 1. The van der Waals surface area contributed by atoms with Crippen molar-refractivity contribution in [2.75, 3.05) is 24.7 Å². The molecular weight excluding hydrogens is 336 g/mol. The van der Waals surface area contributed by atoms with Gasteiger partial charge in [-0.15, -0.1) is 0 Å². The number of nitriles is 1. The Kier molecular flexibility index (Phi) is 4.42. The molecule has 2 aliphatic heterocycles. The van der Waals surface area contributed by atoms with Crippen LogP contribution in [0.2, 0.25) is 5.02 Å². The highest BCUT2D eigenvalue weighted by Crippen LogP contribution is 2.41. The van der Waals surface area contributed by atoms with Crippen LogP contribution in [0.15, 0.2) is 36.4 Å². The molecule has 1 atom stereocenters. The molecule has 0 N–H and O–H groups in total. The summed E-state index contributed by atoms with van der Waals surface area (Å²) < 4.78 is 11.6. The Morgan fingerprint density at radius 3 is 2.76 bits per heavy atom. The molecule has 2 aliphatic rings. The van der Waals surface area contributed by atoms with Crippen molar-refractivity contribution < 1.29 is 9.47 Å². The van der Waals surface area contributed by atoms with Crippen LogP contribution in [0.25, 0.3) is 0 Å². The maximum atomic E-state index is 9.51. The third-order valence-corrected chi connectivity index (χ3v) is 5.14. The number of benzene rings is 2. The Balaban J connectivity index is 1.70. The highest BCUT2D eigenvalue weighted by atomic mass is 35.5. The second-order valence-electron chi connectivity index (χ2n) is 6.35. The SMILES string of the molecule is N#Cc1c(Cl)cccc1N1CCCC1c1ccc2c(c1)OCCCO2. The summed E-state index contributed by atoms with van der Waals surface area (Å²) in [5, 5.41) is 10.0. The molecule has 128 valence electrons. The van der Waals surface area contributed by atoms with Crippen LogP contribution >= 0.6 is 11.6 Å². The summed E-state index contributed by atoms with van der Waals surface area (Å²) in [6, 6.07) is 14.3. The van der Waals surface area contributed by atoms with Crippen LogP contribution in [0.5, 0.6) is 11.5 Å². The van der Waals surface area contributed by atoms with Crippen LogP contribution in [-0.2, 0) is 0 Å². The molecule has 0 aromatic heterocycles. The molecule has 0 bridgehead atoms. The first-order valence-electron chi connectivity index (χ1n) is 8.63. The van der Waals surface area contributed by atoms with Gasteiger partial charge in [-0.3, -0.25) is 0 Å². The molecule has 1 saturated heterocycles. The van der Waals surface area contributed by atoms with E-state index in [0.29, 0.717) is 23.8 Å². The highest BCUT2D eigenvalue weighted by molar-refractivity contribution is 6.32. The second-order valence-corrected chi connectivity index (χ2v) is 6.76. The van der Waals surface area contributed by atoms with Gasteiger partial charge in [0.15, 0.2) is 11.5 Å². The highest BCUT2D eigenvalue weighted by Gasteiger charge is 2.29. The first-order chi connectivity index (χ1) is 12.3. The lowest BCUT2D eigenvalue weighted by molar-refractivity contribution is 0.297. The van der Waals surface area contributed by atoms with E-state index in [9.17, 15) is 5.26 Å². The fourth-order valence-corrected chi connectivity index (χ4v) is 3.86. The Morgan fingerprint density at radius 2 is 1.92 bits per heavy atom. The first kappa shape index (κ1) is 16.1. The molecular formula is C20H19ClN2O2. The topological polar surface area (TPSA) is 45.5 Å². The number of ether oxygens (including phenoxy) is 2. The van der Waals surface area contributed by atoms with Gasteiger partial charge in [-0.25, -0.2) is 0 Å². The molecule has 0 spiro atoms. The number of hydrogen-bond acceptors (Lipinski definition) is 4. The summed E-state index contributed by atoms with van der Waals surface area (Å²) in [5.74, 6) is 1.62. The van der Waals surface area contributed by atoms with E-state index in [2.05, 4.69) is 23.1 Å². The minimum Gasteiger partial charge on any atom is -0.490 e. The molecule has 1 fully saturated rings. The van der Waals surface area contributed by atoms with Crippen LogP contribution < -0.4 is 14.4 Å². The Bertz CT molecular complexity index is 831. The van der Waals surface area contributed by atoms with Crippen molar-refractivity contribution in [2.24, 2.45) is 0 Å². The molecule has 4 rings (SSSR count). The summed E-state index contributed by atoms with van der Waals surface area (Å²) in [7, 11) is 0. The second kappa shape index (κ2) is 6.85. The normalized spacial score (nSPS) is 19.4. The van der Waals surface area contributed by atoms with E-state index in [4.69, 9.17) is 21.1 Å². The lowest BCUT2D eigenvalue weighted by Gasteiger charge is -2.28. The molecule has 0 saturated carbocycles. The molecule has 2 aromatic rings. The van der Waals surface area contributed by atoms with Crippen molar-refractivity contribution in [3.63, 3.8) is 0 Å². The van der Waals surface area contributed by atoms with E-state index in [1.54, 1.807) is 6.07 Å². The molecule has 25 heavy (non-hydrogen) atoms. The predicted molar refractivity (Wildman–Crippen MR) is 97.5 cm³/mol. The molecule has 2 heterocycles. The minimum absolute atomic E-state index is 0.211. The predicted octanol–water partition coefficient (Wildman–Crippen LogP) is 4.71. The monoisotopic (exact) mass is 354 g/mol. The summed E-state index contributed by atoms with van der Waals surface area (Å²) in [6.07, 6.45) is 3.02.